The summed E-state index contributed by atoms with van der Waals surface area (Å²) < 4.78 is 5.14. The summed E-state index contributed by atoms with van der Waals surface area (Å²) >= 11 is 0. The number of aromatic amines is 1. The van der Waals surface area contributed by atoms with Gasteiger partial charge in [-0.3, -0.25) is 0 Å². The van der Waals surface area contributed by atoms with Gasteiger partial charge in [0.05, 0.1) is 19.8 Å². The number of aliphatic hydroxyl groups excluding tert-OH is 1. The minimum Gasteiger partial charge on any atom is -0.497 e. The zero-order valence-corrected chi connectivity index (χ0v) is 8.53. The van der Waals surface area contributed by atoms with Gasteiger partial charge in [-0.05, 0) is 23.8 Å². The summed E-state index contributed by atoms with van der Waals surface area (Å²) in [5.41, 5.74) is 7.69. The Morgan fingerprint density at radius 2 is 2.33 bits per heavy atom. The molecule has 4 nitrogen and oxygen atoms in total. The van der Waals surface area contributed by atoms with Crippen LogP contribution in [0.4, 0.5) is 0 Å². The molecule has 0 fully saturated rings. The van der Waals surface area contributed by atoms with E-state index >= 15 is 0 Å². The zero-order valence-electron chi connectivity index (χ0n) is 8.53. The molecule has 4 N–H and O–H groups in total. The Hall–Kier alpha value is -1.52. The molecule has 0 aliphatic carbocycles. The van der Waals surface area contributed by atoms with Crippen LogP contribution >= 0.6 is 0 Å². The first-order chi connectivity index (χ1) is 7.26. The van der Waals surface area contributed by atoms with Crippen molar-refractivity contribution >= 4 is 10.9 Å². The molecule has 2 aromatic rings. The summed E-state index contributed by atoms with van der Waals surface area (Å²) in [6.07, 6.45) is 1.82. The summed E-state index contributed by atoms with van der Waals surface area (Å²) in [6.45, 7) is -0.0653. The van der Waals surface area contributed by atoms with Gasteiger partial charge >= 0.3 is 0 Å². The lowest BCUT2D eigenvalue weighted by atomic mass is 10.1. The lowest BCUT2D eigenvalue weighted by Gasteiger charge is -2.06. The molecule has 15 heavy (non-hydrogen) atoms. The van der Waals surface area contributed by atoms with Crippen molar-refractivity contribution in [3.05, 3.63) is 30.0 Å². The average molecular weight is 206 g/mol. The van der Waals surface area contributed by atoms with Gasteiger partial charge in [-0.1, -0.05) is 0 Å². The van der Waals surface area contributed by atoms with Crippen LogP contribution in [0.3, 0.4) is 0 Å². The molecule has 2 rings (SSSR count). The molecule has 0 aliphatic heterocycles. The van der Waals surface area contributed by atoms with Crippen molar-refractivity contribution in [2.24, 2.45) is 5.73 Å². The predicted molar refractivity (Wildman–Crippen MR) is 58.9 cm³/mol. The minimum atomic E-state index is -0.356. The number of H-pyrrole nitrogens is 1. The molecule has 4 heteroatoms. The molecule has 0 aliphatic rings. The third-order valence-electron chi connectivity index (χ3n) is 2.52. The Balaban J connectivity index is 2.56. The summed E-state index contributed by atoms with van der Waals surface area (Å²) in [7, 11) is 1.62. The van der Waals surface area contributed by atoms with Crippen molar-refractivity contribution in [2.75, 3.05) is 13.7 Å². The molecule has 0 radical (unpaired) electrons. The second-order valence-corrected chi connectivity index (χ2v) is 3.44. The normalized spacial score (nSPS) is 13.0. The molecule has 1 aromatic heterocycles. The summed E-state index contributed by atoms with van der Waals surface area (Å²) in [5, 5.41) is 10.0. The first-order valence-electron chi connectivity index (χ1n) is 4.77. The average Bonchev–Trinajstić information content (AvgIpc) is 2.70. The Kier molecular flexibility index (Phi) is 2.62. The van der Waals surface area contributed by atoms with E-state index < -0.39 is 0 Å². The standard InChI is InChI=1S/C11H14N2O2/c1-15-7-2-3-11-8(4-7)9(5-13-11)10(12)6-14/h2-5,10,13-14H,6,12H2,1H3/t10-/m0/s1. The van der Waals surface area contributed by atoms with Crippen LogP contribution in [0.1, 0.15) is 11.6 Å². The number of ether oxygens (including phenoxy) is 1. The molecule has 0 amide bonds. The van der Waals surface area contributed by atoms with E-state index in [9.17, 15) is 0 Å². The maximum atomic E-state index is 9.02. The molecule has 0 saturated carbocycles. The molecular formula is C11H14N2O2. The van der Waals surface area contributed by atoms with Crippen LogP contribution in [0.5, 0.6) is 5.75 Å². The van der Waals surface area contributed by atoms with Gasteiger partial charge in [-0.25, -0.2) is 0 Å². The molecule has 80 valence electrons. The second kappa shape index (κ2) is 3.92. The van der Waals surface area contributed by atoms with E-state index in [2.05, 4.69) is 4.98 Å². The number of hydrogen-bond acceptors (Lipinski definition) is 3. The quantitative estimate of drug-likeness (QED) is 0.706. The number of fused-ring (bicyclic) bond motifs is 1. The van der Waals surface area contributed by atoms with Gasteiger partial charge in [-0.2, -0.15) is 0 Å². The molecule has 0 spiro atoms. The van der Waals surface area contributed by atoms with Gasteiger partial charge in [0.25, 0.3) is 0 Å². The highest BCUT2D eigenvalue weighted by Gasteiger charge is 2.11. The van der Waals surface area contributed by atoms with Crippen LogP contribution in [0.25, 0.3) is 10.9 Å². The van der Waals surface area contributed by atoms with Crippen LogP contribution in [-0.4, -0.2) is 23.8 Å². The fourth-order valence-electron chi connectivity index (χ4n) is 1.65. The van der Waals surface area contributed by atoms with Gasteiger partial charge < -0.3 is 20.6 Å². The van der Waals surface area contributed by atoms with Crippen molar-refractivity contribution in [3.8, 4) is 5.75 Å². The number of rotatable bonds is 3. The molecule has 0 saturated heterocycles. The largest absolute Gasteiger partial charge is 0.497 e. The Bertz CT molecular complexity index is 465. The van der Waals surface area contributed by atoms with Gasteiger partial charge in [0.15, 0.2) is 0 Å². The molecular weight excluding hydrogens is 192 g/mol. The second-order valence-electron chi connectivity index (χ2n) is 3.44. The number of benzene rings is 1. The maximum absolute atomic E-state index is 9.02. The number of nitrogens with two attached hydrogens (primary N) is 1. The molecule has 0 bridgehead atoms. The van der Waals surface area contributed by atoms with Crippen LogP contribution in [0.15, 0.2) is 24.4 Å². The van der Waals surface area contributed by atoms with Crippen molar-refractivity contribution in [2.45, 2.75) is 6.04 Å². The lowest BCUT2D eigenvalue weighted by molar-refractivity contribution is 0.268. The van der Waals surface area contributed by atoms with Crippen LogP contribution in [-0.2, 0) is 0 Å². The fourth-order valence-corrected chi connectivity index (χ4v) is 1.65. The minimum absolute atomic E-state index is 0.0653. The number of aliphatic hydroxyl groups is 1. The Morgan fingerprint density at radius 3 is 3.00 bits per heavy atom. The monoisotopic (exact) mass is 206 g/mol. The van der Waals surface area contributed by atoms with Crippen molar-refractivity contribution in [1.82, 2.24) is 4.98 Å². The van der Waals surface area contributed by atoms with Gasteiger partial charge in [0.2, 0.25) is 0 Å². The number of hydrogen-bond donors (Lipinski definition) is 3. The summed E-state index contributed by atoms with van der Waals surface area (Å²) in [4.78, 5) is 3.11. The number of aromatic nitrogens is 1. The highest BCUT2D eigenvalue weighted by molar-refractivity contribution is 5.85. The van der Waals surface area contributed by atoms with E-state index in [1.54, 1.807) is 7.11 Å². The number of methoxy groups -OCH3 is 1. The third-order valence-corrected chi connectivity index (χ3v) is 2.52. The van der Waals surface area contributed by atoms with Gasteiger partial charge in [0.1, 0.15) is 5.75 Å². The first kappa shape index (κ1) is 10.0. The SMILES string of the molecule is COc1ccc2[nH]cc([C@@H](N)CO)c2c1. The number of nitrogens with one attached hydrogen (secondary N) is 1. The van der Waals surface area contributed by atoms with Gasteiger partial charge in [0, 0.05) is 17.1 Å². The third kappa shape index (κ3) is 1.69. The fraction of sp³-hybridized carbons (Fsp3) is 0.273. The van der Waals surface area contributed by atoms with E-state index in [0.29, 0.717) is 0 Å². The molecule has 1 atom stereocenters. The molecule has 1 heterocycles. The van der Waals surface area contributed by atoms with E-state index in [-0.39, 0.29) is 12.6 Å². The summed E-state index contributed by atoms with van der Waals surface area (Å²) in [5.74, 6) is 0.786. The maximum Gasteiger partial charge on any atom is 0.119 e. The Labute approximate surface area is 87.7 Å². The van der Waals surface area contributed by atoms with E-state index in [1.807, 2.05) is 24.4 Å². The highest BCUT2D eigenvalue weighted by atomic mass is 16.5. The van der Waals surface area contributed by atoms with E-state index in [0.717, 1.165) is 22.2 Å². The topological polar surface area (TPSA) is 71.3 Å². The smallest absolute Gasteiger partial charge is 0.119 e. The van der Waals surface area contributed by atoms with Crippen molar-refractivity contribution in [3.63, 3.8) is 0 Å². The van der Waals surface area contributed by atoms with Gasteiger partial charge in [-0.15, -0.1) is 0 Å². The molecule has 0 unspecified atom stereocenters. The lowest BCUT2D eigenvalue weighted by Crippen LogP contribution is -2.13. The summed E-state index contributed by atoms with van der Waals surface area (Å²) in [6, 6.07) is 5.37. The Morgan fingerprint density at radius 1 is 1.53 bits per heavy atom. The van der Waals surface area contributed by atoms with Crippen LogP contribution < -0.4 is 10.5 Å². The predicted octanol–water partition coefficient (Wildman–Crippen LogP) is 1.17. The van der Waals surface area contributed by atoms with Crippen LogP contribution in [0.2, 0.25) is 0 Å². The van der Waals surface area contributed by atoms with Crippen molar-refractivity contribution < 1.29 is 9.84 Å². The molecule has 1 aromatic carbocycles. The highest BCUT2D eigenvalue weighted by Crippen LogP contribution is 2.26. The zero-order chi connectivity index (χ0) is 10.8. The van der Waals surface area contributed by atoms with Crippen LogP contribution in [0, 0.1) is 0 Å². The van der Waals surface area contributed by atoms with E-state index in [1.165, 1.54) is 0 Å². The van der Waals surface area contributed by atoms with Crippen molar-refractivity contribution in [1.29, 1.82) is 0 Å². The van der Waals surface area contributed by atoms with E-state index in [4.69, 9.17) is 15.6 Å². The first-order valence-corrected chi connectivity index (χ1v) is 4.77.